The van der Waals surface area contributed by atoms with Gasteiger partial charge in [-0.25, -0.2) is 4.98 Å². The van der Waals surface area contributed by atoms with Crippen molar-refractivity contribution in [2.24, 2.45) is 0 Å². The molecule has 1 aliphatic rings. The van der Waals surface area contributed by atoms with Crippen molar-refractivity contribution in [1.82, 2.24) is 9.36 Å². The zero-order valence-corrected chi connectivity index (χ0v) is 10.9. The van der Waals surface area contributed by atoms with Crippen LogP contribution in [0.15, 0.2) is 27.4 Å². The number of carbonyl (C=O) groups excluding carboxylic acids is 2. The molecule has 0 bridgehead atoms. The number of hydrogen-bond donors (Lipinski definition) is 1. The molecule has 0 unspecified atom stereocenters. The maximum atomic E-state index is 11.4. The van der Waals surface area contributed by atoms with Crippen LogP contribution in [0.25, 0.3) is 0 Å². The minimum Gasteiger partial charge on any atom is -0.318 e. The molecule has 1 aliphatic heterocycles. The van der Waals surface area contributed by atoms with E-state index >= 15 is 0 Å². The Morgan fingerprint density at radius 3 is 2.89 bits per heavy atom. The van der Waals surface area contributed by atoms with Gasteiger partial charge in [0, 0.05) is 4.90 Å². The highest BCUT2D eigenvalue weighted by Crippen LogP contribution is 2.33. The van der Waals surface area contributed by atoms with Crippen LogP contribution in [0.4, 0.5) is 5.69 Å². The number of nitrogens with zero attached hydrogens (tertiary/aromatic N) is 2. The lowest BCUT2D eigenvalue weighted by Crippen LogP contribution is -2.12. The molecule has 1 aromatic carbocycles. The van der Waals surface area contributed by atoms with Crippen LogP contribution in [-0.4, -0.2) is 21.0 Å². The molecular weight excluding hydrogens is 270 g/mol. The van der Waals surface area contributed by atoms with Crippen molar-refractivity contribution in [1.29, 1.82) is 0 Å². The molecule has 0 fully saturated rings. The van der Waals surface area contributed by atoms with Crippen LogP contribution < -0.4 is 5.32 Å². The molecule has 1 N–H and O–H groups in total. The van der Waals surface area contributed by atoms with Gasteiger partial charge in [-0.2, -0.15) is 4.37 Å². The van der Waals surface area contributed by atoms with Crippen molar-refractivity contribution in [2.45, 2.75) is 16.2 Å². The van der Waals surface area contributed by atoms with Gasteiger partial charge in [0.2, 0.25) is 0 Å². The van der Waals surface area contributed by atoms with E-state index in [1.165, 1.54) is 23.3 Å². The van der Waals surface area contributed by atoms with E-state index in [1.54, 1.807) is 18.2 Å². The number of anilines is 1. The molecule has 0 radical (unpaired) electrons. The molecule has 5 nitrogen and oxygen atoms in total. The Morgan fingerprint density at radius 1 is 1.33 bits per heavy atom. The van der Waals surface area contributed by atoms with E-state index in [0.29, 0.717) is 11.3 Å². The van der Waals surface area contributed by atoms with Crippen molar-refractivity contribution in [3.8, 4) is 0 Å². The second kappa shape index (κ2) is 4.18. The highest BCUT2D eigenvalue weighted by atomic mass is 32.2. The predicted molar refractivity (Wildman–Crippen MR) is 68.2 cm³/mol. The third-order valence-corrected chi connectivity index (χ3v) is 4.24. The monoisotopic (exact) mass is 277 g/mol. The number of nitrogens with one attached hydrogen (secondary N) is 1. The summed E-state index contributed by atoms with van der Waals surface area (Å²) >= 11 is 2.79. The molecule has 0 atom stereocenters. The second-order valence-electron chi connectivity index (χ2n) is 3.70. The normalized spacial score (nSPS) is 13.6. The zero-order chi connectivity index (χ0) is 12.7. The maximum absolute atomic E-state index is 11.4. The molecule has 1 aromatic heterocycles. The van der Waals surface area contributed by atoms with Gasteiger partial charge in [0.05, 0.1) is 11.3 Å². The molecular formula is C11H7N3O2S2. The Balaban J connectivity index is 1.90. The van der Waals surface area contributed by atoms with Crippen LogP contribution in [0.2, 0.25) is 0 Å². The molecule has 0 spiro atoms. The molecule has 1 amide bonds. The van der Waals surface area contributed by atoms with Crippen molar-refractivity contribution >= 4 is 40.7 Å². The first-order valence-corrected chi connectivity index (χ1v) is 6.70. The average molecular weight is 277 g/mol. The minimum atomic E-state index is -0.570. The number of rotatable bonds is 2. The van der Waals surface area contributed by atoms with E-state index < -0.39 is 11.7 Å². The first kappa shape index (κ1) is 11.4. The fourth-order valence-electron chi connectivity index (χ4n) is 1.61. The summed E-state index contributed by atoms with van der Waals surface area (Å²) in [6, 6.07) is 5.24. The van der Waals surface area contributed by atoms with Crippen LogP contribution in [-0.2, 0) is 4.79 Å². The molecule has 2 aromatic rings. The first-order valence-electron chi connectivity index (χ1n) is 5.11. The van der Waals surface area contributed by atoms with E-state index in [-0.39, 0.29) is 0 Å². The van der Waals surface area contributed by atoms with Gasteiger partial charge in [0.15, 0.2) is 4.34 Å². The number of aryl methyl sites for hydroxylation is 1. The minimum absolute atomic E-state index is 0.429. The maximum Gasteiger partial charge on any atom is 0.296 e. The Hall–Kier alpha value is -1.73. The smallest absolute Gasteiger partial charge is 0.296 e. The largest absolute Gasteiger partial charge is 0.318 e. The van der Waals surface area contributed by atoms with Gasteiger partial charge >= 0.3 is 0 Å². The van der Waals surface area contributed by atoms with Gasteiger partial charge in [-0.15, -0.1) is 0 Å². The van der Waals surface area contributed by atoms with Gasteiger partial charge in [-0.3, -0.25) is 9.59 Å². The topological polar surface area (TPSA) is 72.0 Å². The van der Waals surface area contributed by atoms with E-state index in [0.717, 1.165) is 15.1 Å². The van der Waals surface area contributed by atoms with Gasteiger partial charge in [-0.05, 0) is 36.7 Å². The van der Waals surface area contributed by atoms with E-state index in [1.807, 2.05) is 6.92 Å². The lowest BCUT2D eigenvalue weighted by atomic mass is 10.1. The molecule has 90 valence electrons. The first-order chi connectivity index (χ1) is 8.63. The summed E-state index contributed by atoms with van der Waals surface area (Å²) in [4.78, 5) is 27.8. The summed E-state index contributed by atoms with van der Waals surface area (Å²) in [5.74, 6) is -0.306. The summed E-state index contributed by atoms with van der Waals surface area (Å²) in [6.07, 6.45) is 0. The van der Waals surface area contributed by atoms with Crippen molar-refractivity contribution in [3.05, 3.63) is 29.6 Å². The Morgan fingerprint density at radius 2 is 2.17 bits per heavy atom. The lowest BCUT2D eigenvalue weighted by molar-refractivity contribution is -0.112. The number of Topliss-reactive ketones (excluding diaryl/α,β-unsaturated/α-hetero) is 1. The number of aromatic nitrogens is 2. The molecule has 0 saturated heterocycles. The van der Waals surface area contributed by atoms with E-state index in [9.17, 15) is 9.59 Å². The van der Waals surface area contributed by atoms with Gasteiger partial charge < -0.3 is 5.32 Å². The number of amides is 1. The summed E-state index contributed by atoms with van der Waals surface area (Å²) < 4.78 is 4.93. The highest BCUT2D eigenvalue weighted by Gasteiger charge is 2.27. The van der Waals surface area contributed by atoms with E-state index in [4.69, 9.17) is 0 Å². The summed E-state index contributed by atoms with van der Waals surface area (Å²) in [5.41, 5.74) is 0.994. The molecule has 3 rings (SSSR count). The van der Waals surface area contributed by atoms with Crippen LogP contribution in [0.1, 0.15) is 16.2 Å². The molecule has 18 heavy (non-hydrogen) atoms. The lowest BCUT2D eigenvalue weighted by Gasteiger charge is -2.00. The molecule has 2 heterocycles. The standard InChI is InChI=1S/C11H7N3O2S2/c1-5-12-11(18-14-5)17-6-2-3-7-8(4-6)13-10(16)9(7)15/h2-4H,1H3,(H,13,15,16). The van der Waals surface area contributed by atoms with Gasteiger partial charge in [0.1, 0.15) is 5.82 Å². The number of fused-ring (bicyclic) bond motifs is 1. The van der Waals surface area contributed by atoms with Gasteiger partial charge in [0.25, 0.3) is 11.7 Å². The van der Waals surface area contributed by atoms with Crippen LogP contribution >= 0.6 is 23.3 Å². The Bertz CT molecular complexity index is 666. The second-order valence-corrected chi connectivity index (χ2v) is 5.77. The fraction of sp³-hybridized carbons (Fsp3) is 0.0909. The Kier molecular flexibility index (Phi) is 2.64. The Labute approximate surface area is 111 Å². The third-order valence-electron chi connectivity index (χ3n) is 2.40. The number of benzene rings is 1. The molecule has 7 heteroatoms. The number of hydrogen-bond acceptors (Lipinski definition) is 6. The summed E-state index contributed by atoms with van der Waals surface area (Å²) in [7, 11) is 0. The quantitative estimate of drug-likeness (QED) is 0.851. The number of ketones is 1. The summed E-state index contributed by atoms with van der Waals surface area (Å²) in [5, 5.41) is 2.54. The fourth-order valence-corrected chi connectivity index (χ4v) is 3.28. The van der Waals surface area contributed by atoms with Crippen LogP contribution in [0.5, 0.6) is 0 Å². The van der Waals surface area contributed by atoms with Crippen molar-refractivity contribution in [3.63, 3.8) is 0 Å². The third kappa shape index (κ3) is 1.91. The molecule has 0 aliphatic carbocycles. The number of carbonyl (C=O) groups is 2. The SMILES string of the molecule is Cc1nsc(Sc2ccc3c(c2)NC(=O)C3=O)n1. The highest BCUT2D eigenvalue weighted by molar-refractivity contribution is 8.01. The van der Waals surface area contributed by atoms with Gasteiger partial charge in [-0.1, -0.05) is 11.8 Å². The van der Waals surface area contributed by atoms with Crippen molar-refractivity contribution in [2.75, 3.05) is 5.32 Å². The predicted octanol–water partition coefficient (Wildman–Crippen LogP) is 2.13. The van der Waals surface area contributed by atoms with Crippen molar-refractivity contribution < 1.29 is 9.59 Å². The molecule has 0 saturated carbocycles. The van der Waals surface area contributed by atoms with E-state index in [2.05, 4.69) is 14.7 Å². The van der Waals surface area contributed by atoms with Crippen LogP contribution in [0, 0.1) is 6.92 Å². The van der Waals surface area contributed by atoms with Crippen LogP contribution in [0.3, 0.4) is 0 Å². The summed E-state index contributed by atoms with van der Waals surface area (Å²) in [6.45, 7) is 1.84. The average Bonchev–Trinajstić information content (AvgIpc) is 2.85. The zero-order valence-electron chi connectivity index (χ0n) is 9.26.